The molecule has 0 fully saturated rings. The first-order chi connectivity index (χ1) is 13.5. The molecule has 0 unspecified atom stereocenters. The molecule has 0 aliphatic heterocycles. The van der Waals surface area contributed by atoms with E-state index >= 15 is 0 Å². The molecular formula is C19H17N5O4. The first-order valence-electron chi connectivity index (χ1n) is 8.29. The summed E-state index contributed by atoms with van der Waals surface area (Å²) < 4.78 is 6.70. The number of aromatic nitrogens is 2. The van der Waals surface area contributed by atoms with E-state index in [1.165, 1.54) is 18.3 Å². The van der Waals surface area contributed by atoms with Crippen molar-refractivity contribution in [1.82, 2.24) is 15.2 Å². The number of nitrogens with one attached hydrogen (secondary N) is 1. The normalized spacial score (nSPS) is 10.8. The Balaban J connectivity index is 1.58. The van der Waals surface area contributed by atoms with E-state index in [-0.39, 0.29) is 11.4 Å². The van der Waals surface area contributed by atoms with Crippen molar-refractivity contribution >= 4 is 17.8 Å². The largest absolute Gasteiger partial charge is 0.497 e. The number of non-ortho nitro benzene ring substituents is 1. The lowest BCUT2D eigenvalue weighted by Gasteiger charge is -2.02. The van der Waals surface area contributed by atoms with Crippen LogP contribution in [0.4, 0.5) is 5.69 Å². The molecule has 3 rings (SSSR count). The van der Waals surface area contributed by atoms with Crippen LogP contribution in [0.2, 0.25) is 0 Å². The monoisotopic (exact) mass is 379 g/mol. The van der Waals surface area contributed by atoms with Crippen LogP contribution in [0.15, 0.2) is 65.9 Å². The molecule has 1 aromatic heterocycles. The Morgan fingerprint density at radius 3 is 2.79 bits per heavy atom. The van der Waals surface area contributed by atoms with Gasteiger partial charge in [-0.2, -0.15) is 10.2 Å². The fraction of sp³-hybridized carbons (Fsp3) is 0.105. The zero-order chi connectivity index (χ0) is 19.9. The molecule has 0 aliphatic carbocycles. The first kappa shape index (κ1) is 18.8. The van der Waals surface area contributed by atoms with Crippen molar-refractivity contribution in [3.8, 4) is 5.75 Å². The second kappa shape index (κ2) is 8.58. The van der Waals surface area contributed by atoms with Crippen LogP contribution in [0.25, 0.3) is 0 Å². The van der Waals surface area contributed by atoms with E-state index < -0.39 is 10.8 Å². The third kappa shape index (κ3) is 4.79. The van der Waals surface area contributed by atoms with Crippen molar-refractivity contribution in [3.05, 3.63) is 87.7 Å². The average Bonchev–Trinajstić information content (AvgIpc) is 3.17. The van der Waals surface area contributed by atoms with E-state index in [1.54, 1.807) is 42.3 Å². The summed E-state index contributed by atoms with van der Waals surface area (Å²) in [7, 11) is 1.57. The highest BCUT2D eigenvalue weighted by atomic mass is 16.6. The third-order valence-corrected chi connectivity index (χ3v) is 3.84. The van der Waals surface area contributed by atoms with E-state index in [9.17, 15) is 14.9 Å². The van der Waals surface area contributed by atoms with Crippen molar-refractivity contribution in [2.45, 2.75) is 6.54 Å². The van der Waals surface area contributed by atoms with Crippen molar-refractivity contribution < 1.29 is 14.5 Å². The van der Waals surface area contributed by atoms with Crippen LogP contribution in [0, 0.1) is 10.1 Å². The van der Waals surface area contributed by atoms with Gasteiger partial charge in [0, 0.05) is 18.3 Å². The predicted octanol–water partition coefficient (Wildman–Crippen LogP) is 2.61. The first-order valence-corrected chi connectivity index (χ1v) is 8.29. The molecule has 2 aromatic carbocycles. The lowest BCUT2D eigenvalue weighted by atomic mass is 10.2. The number of hydrogen-bond acceptors (Lipinski definition) is 6. The van der Waals surface area contributed by atoms with Gasteiger partial charge in [-0.1, -0.05) is 24.3 Å². The Hall–Kier alpha value is -4.01. The fourth-order valence-electron chi connectivity index (χ4n) is 2.43. The van der Waals surface area contributed by atoms with E-state index in [2.05, 4.69) is 15.6 Å². The van der Waals surface area contributed by atoms with Crippen molar-refractivity contribution in [1.29, 1.82) is 0 Å². The van der Waals surface area contributed by atoms with E-state index in [4.69, 9.17) is 4.74 Å². The summed E-state index contributed by atoms with van der Waals surface area (Å²) >= 11 is 0. The second-order valence-corrected chi connectivity index (χ2v) is 5.80. The minimum Gasteiger partial charge on any atom is -0.497 e. The third-order valence-electron chi connectivity index (χ3n) is 3.84. The van der Waals surface area contributed by atoms with Gasteiger partial charge in [0.2, 0.25) is 0 Å². The second-order valence-electron chi connectivity index (χ2n) is 5.80. The Morgan fingerprint density at radius 2 is 2.07 bits per heavy atom. The number of ether oxygens (including phenoxy) is 1. The van der Waals surface area contributed by atoms with Gasteiger partial charge in [0.15, 0.2) is 5.69 Å². The van der Waals surface area contributed by atoms with Crippen LogP contribution in [-0.4, -0.2) is 33.9 Å². The molecule has 0 saturated carbocycles. The van der Waals surface area contributed by atoms with Crippen LogP contribution in [0.1, 0.15) is 21.6 Å². The minimum atomic E-state index is -0.452. The van der Waals surface area contributed by atoms with Gasteiger partial charge in [0.25, 0.3) is 11.6 Å². The average molecular weight is 379 g/mol. The fourth-order valence-corrected chi connectivity index (χ4v) is 2.43. The molecule has 9 nitrogen and oxygen atoms in total. The Labute approximate surface area is 160 Å². The summed E-state index contributed by atoms with van der Waals surface area (Å²) in [6.45, 7) is 0.387. The number of carbonyl (C=O) groups is 1. The number of benzene rings is 2. The lowest BCUT2D eigenvalue weighted by Crippen LogP contribution is -2.18. The molecule has 0 bridgehead atoms. The molecule has 142 valence electrons. The van der Waals surface area contributed by atoms with Crippen molar-refractivity contribution in [3.63, 3.8) is 0 Å². The van der Waals surface area contributed by atoms with E-state index in [1.807, 2.05) is 18.2 Å². The zero-order valence-corrected chi connectivity index (χ0v) is 15.0. The quantitative estimate of drug-likeness (QED) is 0.385. The number of rotatable bonds is 7. The minimum absolute atomic E-state index is 0.0261. The number of nitrogens with zero attached hydrogens (tertiary/aromatic N) is 4. The summed E-state index contributed by atoms with van der Waals surface area (Å²) in [5, 5.41) is 18.8. The van der Waals surface area contributed by atoms with Gasteiger partial charge in [-0.3, -0.25) is 19.6 Å². The summed E-state index contributed by atoms with van der Waals surface area (Å²) in [4.78, 5) is 22.4. The zero-order valence-electron chi connectivity index (χ0n) is 15.0. The van der Waals surface area contributed by atoms with Gasteiger partial charge in [-0.15, -0.1) is 0 Å². The van der Waals surface area contributed by atoms with Gasteiger partial charge in [0.1, 0.15) is 5.75 Å². The molecule has 0 atom stereocenters. The Morgan fingerprint density at radius 1 is 1.29 bits per heavy atom. The molecule has 1 heterocycles. The highest BCUT2D eigenvalue weighted by Crippen LogP contribution is 2.13. The summed E-state index contributed by atoms with van der Waals surface area (Å²) in [5.41, 5.74) is 4.27. The van der Waals surface area contributed by atoms with Gasteiger partial charge in [0.05, 0.1) is 24.8 Å². The molecule has 0 saturated heterocycles. The lowest BCUT2D eigenvalue weighted by molar-refractivity contribution is -0.384. The molecule has 0 aliphatic rings. The van der Waals surface area contributed by atoms with Crippen LogP contribution < -0.4 is 10.2 Å². The number of nitro benzene ring substituents is 1. The topological polar surface area (TPSA) is 112 Å². The van der Waals surface area contributed by atoms with Crippen LogP contribution in [0.5, 0.6) is 5.75 Å². The van der Waals surface area contributed by atoms with Crippen LogP contribution in [-0.2, 0) is 6.54 Å². The number of methoxy groups -OCH3 is 1. The molecular weight excluding hydrogens is 362 g/mol. The van der Waals surface area contributed by atoms with Crippen LogP contribution >= 0.6 is 0 Å². The molecule has 0 radical (unpaired) electrons. The predicted molar refractivity (Wildman–Crippen MR) is 102 cm³/mol. The summed E-state index contributed by atoms with van der Waals surface area (Å²) in [6.07, 6.45) is 3.16. The molecule has 3 aromatic rings. The maximum Gasteiger partial charge on any atom is 0.291 e. The highest BCUT2D eigenvalue weighted by molar-refractivity contribution is 5.93. The Bertz CT molecular complexity index is 1010. The number of hydrogen-bond donors (Lipinski definition) is 1. The molecule has 28 heavy (non-hydrogen) atoms. The smallest absolute Gasteiger partial charge is 0.291 e. The van der Waals surface area contributed by atoms with Gasteiger partial charge in [-0.25, -0.2) is 5.43 Å². The highest BCUT2D eigenvalue weighted by Gasteiger charge is 2.09. The molecule has 9 heteroatoms. The SMILES string of the molecule is COc1cccc(/C=N\NC(=O)c2ccn(Cc3ccc([N+](=O)[O-])cc3)n2)c1. The van der Waals surface area contributed by atoms with E-state index in [0.717, 1.165) is 11.1 Å². The Kier molecular flexibility index (Phi) is 5.75. The standard InChI is InChI=1S/C19H17N5O4/c1-28-17-4-2-3-15(11-17)12-20-21-19(25)18-9-10-23(22-18)13-14-5-7-16(8-6-14)24(26)27/h2-12H,13H2,1H3,(H,21,25)/b20-12-. The van der Waals surface area contributed by atoms with Gasteiger partial charge < -0.3 is 4.74 Å². The summed E-state index contributed by atoms with van der Waals surface area (Å²) in [5.74, 6) is 0.252. The number of carbonyl (C=O) groups excluding carboxylic acids is 1. The number of amides is 1. The number of nitro groups is 1. The molecule has 1 N–H and O–H groups in total. The summed E-state index contributed by atoms with van der Waals surface area (Å²) in [6, 6.07) is 15.0. The van der Waals surface area contributed by atoms with Crippen LogP contribution in [0.3, 0.4) is 0 Å². The van der Waals surface area contributed by atoms with Crippen molar-refractivity contribution in [2.24, 2.45) is 5.10 Å². The van der Waals surface area contributed by atoms with Gasteiger partial charge >= 0.3 is 0 Å². The number of hydrazone groups is 1. The molecule has 0 spiro atoms. The van der Waals surface area contributed by atoms with E-state index in [0.29, 0.717) is 12.3 Å². The van der Waals surface area contributed by atoms with Gasteiger partial charge in [-0.05, 0) is 29.3 Å². The maximum atomic E-state index is 12.1. The van der Waals surface area contributed by atoms with Crippen molar-refractivity contribution in [2.75, 3.05) is 7.11 Å². The maximum absolute atomic E-state index is 12.1. The molecule has 1 amide bonds.